The molecule has 0 aliphatic rings. The summed E-state index contributed by atoms with van der Waals surface area (Å²) in [5.74, 6) is -0.848. The second-order valence-electron chi connectivity index (χ2n) is 4.03. The molecule has 2 rings (SSSR count). The van der Waals surface area contributed by atoms with Crippen LogP contribution in [-0.4, -0.2) is 25.9 Å². The number of hydrogen-bond acceptors (Lipinski definition) is 3. The number of aromatic nitrogens is 2. The lowest BCUT2D eigenvalue weighted by Gasteiger charge is -2.07. The van der Waals surface area contributed by atoms with Crippen LogP contribution in [0.15, 0.2) is 29.4 Å². The van der Waals surface area contributed by atoms with Crippen LogP contribution in [0.25, 0.3) is 11.0 Å². The van der Waals surface area contributed by atoms with E-state index in [4.69, 9.17) is 5.11 Å². The summed E-state index contributed by atoms with van der Waals surface area (Å²) < 4.78 is 1.75. The summed E-state index contributed by atoms with van der Waals surface area (Å²) in [6.07, 6.45) is 0. The van der Waals surface area contributed by atoms with Gasteiger partial charge in [-0.15, -0.1) is 0 Å². The number of fused-ring (bicyclic) bond motifs is 1. The van der Waals surface area contributed by atoms with Crippen molar-refractivity contribution in [2.45, 2.75) is 30.8 Å². The normalized spacial score (nSPS) is 11.2. The molecule has 4 nitrogen and oxygen atoms in total. The number of carbonyl (C=O) groups is 1. The maximum atomic E-state index is 10.9. The summed E-state index contributed by atoms with van der Waals surface area (Å²) in [6, 6.07) is 7.60. The van der Waals surface area contributed by atoms with E-state index in [0.29, 0.717) is 5.25 Å². The molecule has 1 N–H and O–H groups in total. The van der Waals surface area contributed by atoms with Crippen LogP contribution in [0, 0.1) is 0 Å². The fourth-order valence-electron chi connectivity index (χ4n) is 1.64. The Bertz CT molecular complexity index is 548. The molecule has 0 saturated heterocycles. The van der Waals surface area contributed by atoms with E-state index in [1.165, 1.54) is 0 Å². The number of aliphatic carboxylic acids is 1. The minimum atomic E-state index is -0.848. The van der Waals surface area contributed by atoms with Crippen LogP contribution in [0.1, 0.15) is 13.8 Å². The van der Waals surface area contributed by atoms with Gasteiger partial charge in [0.25, 0.3) is 0 Å². The van der Waals surface area contributed by atoms with Gasteiger partial charge in [-0.25, -0.2) is 4.98 Å². The molecule has 1 aromatic carbocycles. The number of nitrogens with zero attached hydrogens (tertiary/aromatic N) is 2. The highest BCUT2D eigenvalue weighted by Gasteiger charge is 2.14. The number of imidazole rings is 1. The third-order valence-electron chi connectivity index (χ3n) is 2.25. The lowest BCUT2D eigenvalue weighted by Crippen LogP contribution is -2.10. The smallest absolute Gasteiger partial charge is 0.323 e. The van der Waals surface area contributed by atoms with E-state index < -0.39 is 5.97 Å². The lowest BCUT2D eigenvalue weighted by molar-refractivity contribution is -0.137. The number of para-hydroxylation sites is 2. The molecule has 0 radical (unpaired) electrons. The van der Waals surface area contributed by atoms with Gasteiger partial charge in [-0.2, -0.15) is 0 Å². The van der Waals surface area contributed by atoms with Crippen LogP contribution in [0.4, 0.5) is 0 Å². The molecule has 0 aliphatic heterocycles. The average molecular weight is 250 g/mol. The topological polar surface area (TPSA) is 55.1 Å². The third-order valence-corrected chi connectivity index (χ3v) is 3.25. The zero-order valence-corrected chi connectivity index (χ0v) is 10.6. The van der Waals surface area contributed by atoms with E-state index in [1.807, 2.05) is 24.3 Å². The fraction of sp³-hybridized carbons (Fsp3) is 0.333. The van der Waals surface area contributed by atoms with Gasteiger partial charge in [0.05, 0.1) is 11.0 Å². The summed E-state index contributed by atoms with van der Waals surface area (Å²) in [4.78, 5) is 15.4. The van der Waals surface area contributed by atoms with Gasteiger partial charge >= 0.3 is 5.97 Å². The summed E-state index contributed by atoms with van der Waals surface area (Å²) in [5, 5.41) is 10.1. The summed E-state index contributed by atoms with van der Waals surface area (Å²) in [7, 11) is 0. The number of carboxylic acid groups (broad SMARTS) is 1. The van der Waals surface area contributed by atoms with Crippen molar-refractivity contribution in [1.82, 2.24) is 9.55 Å². The van der Waals surface area contributed by atoms with Crippen molar-refractivity contribution in [3.8, 4) is 0 Å². The van der Waals surface area contributed by atoms with Gasteiger partial charge in [-0.1, -0.05) is 37.7 Å². The number of rotatable bonds is 4. The molecule has 1 aromatic heterocycles. The molecule has 0 amide bonds. The summed E-state index contributed by atoms with van der Waals surface area (Å²) in [5.41, 5.74) is 1.72. The van der Waals surface area contributed by atoms with Crippen molar-refractivity contribution >= 4 is 28.8 Å². The first kappa shape index (κ1) is 12.0. The van der Waals surface area contributed by atoms with Crippen LogP contribution in [-0.2, 0) is 11.3 Å². The molecule has 17 heavy (non-hydrogen) atoms. The first-order chi connectivity index (χ1) is 8.08. The Morgan fingerprint density at radius 1 is 1.47 bits per heavy atom. The molecule has 0 bridgehead atoms. The number of carboxylic acids is 1. The molecule has 90 valence electrons. The maximum absolute atomic E-state index is 10.9. The quantitative estimate of drug-likeness (QED) is 0.847. The number of thioether (sulfide) groups is 1. The molecular weight excluding hydrogens is 236 g/mol. The van der Waals surface area contributed by atoms with Crippen molar-refractivity contribution in [3.63, 3.8) is 0 Å². The Labute approximate surface area is 104 Å². The standard InChI is InChI=1S/C12H14N2O2S/c1-8(2)17-12-13-9-5-3-4-6-10(9)14(12)7-11(15)16/h3-6,8H,7H2,1-2H3,(H,15,16). The van der Waals surface area contributed by atoms with Gasteiger partial charge in [0.1, 0.15) is 6.54 Å². The van der Waals surface area contributed by atoms with E-state index in [9.17, 15) is 4.79 Å². The van der Waals surface area contributed by atoms with E-state index in [1.54, 1.807) is 16.3 Å². The predicted octanol–water partition coefficient (Wildman–Crippen LogP) is 2.62. The highest BCUT2D eigenvalue weighted by molar-refractivity contribution is 7.99. The molecule has 5 heteroatoms. The van der Waals surface area contributed by atoms with Crippen molar-refractivity contribution in [2.24, 2.45) is 0 Å². The van der Waals surface area contributed by atoms with Crippen molar-refractivity contribution < 1.29 is 9.90 Å². The first-order valence-electron chi connectivity index (χ1n) is 5.41. The molecule has 0 aliphatic carbocycles. The van der Waals surface area contributed by atoms with Gasteiger partial charge in [0, 0.05) is 5.25 Å². The molecule has 1 heterocycles. The largest absolute Gasteiger partial charge is 0.480 e. The lowest BCUT2D eigenvalue weighted by atomic mass is 10.3. The van der Waals surface area contributed by atoms with E-state index >= 15 is 0 Å². The maximum Gasteiger partial charge on any atom is 0.323 e. The molecule has 0 saturated carbocycles. The Hall–Kier alpha value is -1.49. The second-order valence-corrected chi connectivity index (χ2v) is 5.57. The van der Waals surface area contributed by atoms with E-state index in [-0.39, 0.29) is 6.54 Å². The minimum absolute atomic E-state index is 0.0461. The van der Waals surface area contributed by atoms with Gasteiger partial charge in [-0.05, 0) is 12.1 Å². The SMILES string of the molecule is CC(C)Sc1nc2ccccc2n1CC(=O)O. The van der Waals surface area contributed by atoms with Gasteiger partial charge in [0.2, 0.25) is 0 Å². The highest BCUT2D eigenvalue weighted by atomic mass is 32.2. The van der Waals surface area contributed by atoms with Gasteiger partial charge < -0.3 is 9.67 Å². The molecule has 0 spiro atoms. The van der Waals surface area contributed by atoms with E-state index in [2.05, 4.69) is 18.8 Å². The monoisotopic (exact) mass is 250 g/mol. The third kappa shape index (κ3) is 2.61. The highest BCUT2D eigenvalue weighted by Crippen LogP contribution is 2.26. The van der Waals surface area contributed by atoms with Crippen LogP contribution < -0.4 is 0 Å². The van der Waals surface area contributed by atoms with Gasteiger partial charge in [0.15, 0.2) is 5.16 Å². The summed E-state index contributed by atoms with van der Waals surface area (Å²) in [6.45, 7) is 4.08. The van der Waals surface area contributed by atoms with Crippen molar-refractivity contribution in [2.75, 3.05) is 0 Å². The Balaban J connectivity index is 2.52. The van der Waals surface area contributed by atoms with Gasteiger partial charge in [-0.3, -0.25) is 4.79 Å². The van der Waals surface area contributed by atoms with Crippen molar-refractivity contribution in [1.29, 1.82) is 0 Å². The number of hydrogen-bond donors (Lipinski definition) is 1. The molecule has 0 atom stereocenters. The second kappa shape index (κ2) is 4.79. The Morgan fingerprint density at radius 2 is 2.18 bits per heavy atom. The average Bonchev–Trinajstić information content (AvgIpc) is 2.55. The van der Waals surface area contributed by atoms with Crippen LogP contribution in [0.5, 0.6) is 0 Å². The molecule has 0 unspecified atom stereocenters. The number of benzene rings is 1. The zero-order chi connectivity index (χ0) is 12.4. The first-order valence-corrected chi connectivity index (χ1v) is 6.29. The van der Waals surface area contributed by atoms with Crippen LogP contribution >= 0.6 is 11.8 Å². The summed E-state index contributed by atoms with van der Waals surface area (Å²) >= 11 is 1.58. The Kier molecular flexibility index (Phi) is 3.38. The minimum Gasteiger partial charge on any atom is -0.480 e. The van der Waals surface area contributed by atoms with Crippen LogP contribution in [0.3, 0.4) is 0 Å². The molecule has 0 fully saturated rings. The van der Waals surface area contributed by atoms with Crippen molar-refractivity contribution in [3.05, 3.63) is 24.3 Å². The van der Waals surface area contributed by atoms with Crippen LogP contribution in [0.2, 0.25) is 0 Å². The zero-order valence-electron chi connectivity index (χ0n) is 9.75. The molecule has 2 aromatic rings. The molecular formula is C12H14N2O2S. The fourth-order valence-corrected chi connectivity index (χ4v) is 2.51. The Morgan fingerprint density at radius 3 is 2.82 bits per heavy atom. The predicted molar refractivity (Wildman–Crippen MR) is 68.4 cm³/mol. The van der Waals surface area contributed by atoms with E-state index in [0.717, 1.165) is 16.2 Å².